The van der Waals surface area contributed by atoms with Crippen LogP contribution in [0, 0.1) is 11.6 Å². The lowest BCUT2D eigenvalue weighted by Crippen LogP contribution is -2.41. The standard InChI is InChI=1S/C14H18F2N2O2/c1-9-7-10(5-6-20-9)17-8-13(19)18-14-11(15)3-2-4-12(14)16/h2-4,9-10,17H,5-8H2,1H3,(H,18,19). The van der Waals surface area contributed by atoms with Crippen molar-refractivity contribution in [3.05, 3.63) is 29.8 Å². The van der Waals surface area contributed by atoms with Gasteiger partial charge in [-0.15, -0.1) is 0 Å². The molecule has 2 N–H and O–H groups in total. The zero-order valence-corrected chi connectivity index (χ0v) is 11.3. The van der Waals surface area contributed by atoms with E-state index < -0.39 is 23.2 Å². The SMILES string of the molecule is CC1CC(NCC(=O)Nc2c(F)cccc2F)CCO1. The van der Waals surface area contributed by atoms with Gasteiger partial charge in [-0.1, -0.05) is 6.07 Å². The number of nitrogens with one attached hydrogen (secondary N) is 2. The minimum absolute atomic E-state index is 0.0190. The van der Waals surface area contributed by atoms with E-state index in [0.717, 1.165) is 25.0 Å². The summed E-state index contributed by atoms with van der Waals surface area (Å²) in [7, 11) is 0. The Morgan fingerprint density at radius 2 is 2.10 bits per heavy atom. The summed E-state index contributed by atoms with van der Waals surface area (Å²) in [5.41, 5.74) is -0.403. The fourth-order valence-electron chi connectivity index (χ4n) is 2.22. The van der Waals surface area contributed by atoms with E-state index in [1.807, 2.05) is 6.92 Å². The highest BCUT2D eigenvalue weighted by Crippen LogP contribution is 2.18. The molecule has 0 spiro atoms. The van der Waals surface area contributed by atoms with Crippen LogP contribution in [0.3, 0.4) is 0 Å². The molecule has 2 rings (SSSR count). The molecule has 1 heterocycles. The van der Waals surface area contributed by atoms with Crippen molar-refractivity contribution in [2.24, 2.45) is 0 Å². The van der Waals surface area contributed by atoms with Crippen molar-refractivity contribution in [1.82, 2.24) is 5.32 Å². The van der Waals surface area contributed by atoms with E-state index in [0.29, 0.717) is 6.61 Å². The lowest BCUT2D eigenvalue weighted by Gasteiger charge is -2.27. The number of para-hydroxylation sites is 1. The number of hydrogen-bond donors (Lipinski definition) is 2. The second-order valence-corrected chi connectivity index (χ2v) is 4.93. The fourth-order valence-corrected chi connectivity index (χ4v) is 2.22. The van der Waals surface area contributed by atoms with Gasteiger partial charge < -0.3 is 15.4 Å². The summed E-state index contributed by atoms with van der Waals surface area (Å²) >= 11 is 0. The van der Waals surface area contributed by atoms with Crippen LogP contribution in [-0.4, -0.2) is 31.2 Å². The molecule has 20 heavy (non-hydrogen) atoms. The summed E-state index contributed by atoms with van der Waals surface area (Å²) in [6.07, 6.45) is 1.81. The van der Waals surface area contributed by atoms with Crippen molar-refractivity contribution < 1.29 is 18.3 Å². The minimum Gasteiger partial charge on any atom is -0.378 e. The number of carbonyl (C=O) groups is 1. The summed E-state index contributed by atoms with van der Waals surface area (Å²) in [6, 6.07) is 3.65. The molecule has 6 heteroatoms. The highest BCUT2D eigenvalue weighted by Gasteiger charge is 2.20. The summed E-state index contributed by atoms with van der Waals surface area (Å²) in [5, 5.41) is 5.32. The molecular weight excluding hydrogens is 266 g/mol. The first-order valence-corrected chi connectivity index (χ1v) is 6.65. The maximum atomic E-state index is 13.4. The maximum Gasteiger partial charge on any atom is 0.238 e. The Hall–Kier alpha value is -1.53. The molecule has 1 amide bonds. The van der Waals surface area contributed by atoms with Crippen molar-refractivity contribution in [3.8, 4) is 0 Å². The third-order valence-corrected chi connectivity index (χ3v) is 3.26. The number of carbonyl (C=O) groups excluding carboxylic acids is 1. The normalized spacial score (nSPS) is 22.6. The maximum absolute atomic E-state index is 13.4. The number of hydrogen-bond acceptors (Lipinski definition) is 3. The van der Waals surface area contributed by atoms with Gasteiger partial charge in [-0.05, 0) is 31.9 Å². The van der Waals surface area contributed by atoms with Crippen LogP contribution in [0.2, 0.25) is 0 Å². The Morgan fingerprint density at radius 1 is 1.40 bits per heavy atom. The second-order valence-electron chi connectivity index (χ2n) is 4.93. The first-order chi connectivity index (χ1) is 9.56. The first kappa shape index (κ1) is 14.9. The molecule has 2 atom stereocenters. The first-order valence-electron chi connectivity index (χ1n) is 6.65. The van der Waals surface area contributed by atoms with Crippen LogP contribution in [-0.2, 0) is 9.53 Å². The monoisotopic (exact) mass is 284 g/mol. The number of rotatable bonds is 4. The van der Waals surface area contributed by atoms with Gasteiger partial charge in [-0.3, -0.25) is 4.79 Å². The average molecular weight is 284 g/mol. The highest BCUT2D eigenvalue weighted by molar-refractivity contribution is 5.92. The van der Waals surface area contributed by atoms with Gasteiger partial charge in [0.2, 0.25) is 5.91 Å². The summed E-state index contributed by atoms with van der Waals surface area (Å²) < 4.78 is 32.1. The Morgan fingerprint density at radius 3 is 2.75 bits per heavy atom. The Balaban J connectivity index is 1.83. The lowest BCUT2D eigenvalue weighted by molar-refractivity contribution is -0.115. The molecule has 1 aromatic carbocycles. The van der Waals surface area contributed by atoms with Gasteiger partial charge in [0.1, 0.15) is 17.3 Å². The van der Waals surface area contributed by atoms with Crippen LogP contribution in [0.15, 0.2) is 18.2 Å². The number of amides is 1. The van der Waals surface area contributed by atoms with Gasteiger partial charge in [0.15, 0.2) is 0 Å². The predicted octanol–water partition coefficient (Wildman–Crippen LogP) is 2.06. The molecule has 0 saturated carbocycles. The van der Waals surface area contributed by atoms with Crippen LogP contribution in [0.1, 0.15) is 19.8 Å². The van der Waals surface area contributed by atoms with Gasteiger partial charge in [0, 0.05) is 12.6 Å². The van der Waals surface area contributed by atoms with Crippen LogP contribution >= 0.6 is 0 Å². The van der Waals surface area contributed by atoms with E-state index in [1.165, 1.54) is 6.07 Å². The molecule has 2 unspecified atom stereocenters. The zero-order valence-electron chi connectivity index (χ0n) is 11.3. The van der Waals surface area contributed by atoms with E-state index in [2.05, 4.69) is 10.6 Å². The molecule has 4 nitrogen and oxygen atoms in total. The van der Waals surface area contributed by atoms with Gasteiger partial charge in [-0.2, -0.15) is 0 Å². The Kier molecular flexibility index (Phi) is 5.03. The van der Waals surface area contributed by atoms with E-state index in [1.54, 1.807) is 0 Å². The van der Waals surface area contributed by atoms with E-state index in [9.17, 15) is 13.6 Å². The third kappa shape index (κ3) is 3.98. The highest BCUT2D eigenvalue weighted by atomic mass is 19.1. The van der Waals surface area contributed by atoms with Crippen LogP contribution in [0.4, 0.5) is 14.5 Å². The summed E-state index contributed by atoms with van der Waals surface area (Å²) in [6.45, 7) is 2.65. The molecule has 0 radical (unpaired) electrons. The zero-order chi connectivity index (χ0) is 14.5. The van der Waals surface area contributed by atoms with Crippen molar-refractivity contribution in [3.63, 3.8) is 0 Å². The van der Waals surface area contributed by atoms with Gasteiger partial charge in [-0.25, -0.2) is 8.78 Å². The number of anilines is 1. The number of halogens is 2. The van der Waals surface area contributed by atoms with Crippen LogP contribution in [0.5, 0.6) is 0 Å². The average Bonchev–Trinajstić information content (AvgIpc) is 2.41. The molecule has 1 aliphatic heterocycles. The molecule has 1 aliphatic rings. The Bertz CT molecular complexity index is 462. The smallest absolute Gasteiger partial charge is 0.238 e. The van der Waals surface area contributed by atoms with Crippen LogP contribution < -0.4 is 10.6 Å². The number of benzene rings is 1. The lowest BCUT2D eigenvalue weighted by atomic mass is 10.0. The number of ether oxygens (including phenoxy) is 1. The molecular formula is C14H18F2N2O2. The van der Waals surface area contributed by atoms with Crippen LogP contribution in [0.25, 0.3) is 0 Å². The molecule has 0 aliphatic carbocycles. The minimum atomic E-state index is -0.780. The van der Waals surface area contributed by atoms with Crippen molar-refractivity contribution >= 4 is 11.6 Å². The molecule has 1 saturated heterocycles. The largest absolute Gasteiger partial charge is 0.378 e. The van der Waals surface area contributed by atoms with Crippen molar-refractivity contribution in [2.75, 3.05) is 18.5 Å². The Labute approximate surface area is 116 Å². The van der Waals surface area contributed by atoms with Gasteiger partial charge in [0.05, 0.1) is 12.6 Å². The predicted molar refractivity (Wildman–Crippen MR) is 71.4 cm³/mol. The molecule has 0 bridgehead atoms. The van der Waals surface area contributed by atoms with Gasteiger partial charge >= 0.3 is 0 Å². The molecule has 110 valence electrons. The second kappa shape index (κ2) is 6.76. The van der Waals surface area contributed by atoms with Crippen molar-refractivity contribution in [2.45, 2.75) is 31.9 Å². The summed E-state index contributed by atoms with van der Waals surface area (Å²) in [4.78, 5) is 11.7. The fraction of sp³-hybridized carbons (Fsp3) is 0.500. The summed E-state index contributed by atoms with van der Waals surface area (Å²) in [5.74, 6) is -2.02. The topological polar surface area (TPSA) is 50.4 Å². The molecule has 1 fully saturated rings. The molecule has 0 aromatic heterocycles. The van der Waals surface area contributed by atoms with Crippen molar-refractivity contribution in [1.29, 1.82) is 0 Å². The quantitative estimate of drug-likeness (QED) is 0.890. The van der Waals surface area contributed by atoms with E-state index in [-0.39, 0.29) is 18.7 Å². The van der Waals surface area contributed by atoms with E-state index in [4.69, 9.17) is 4.74 Å². The molecule has 1 aromatic rings. The van der Waals surface area contributed by atoms with E-state index >= 15 is 0 Å². The third-order valence-electron chi connectivity index (χ3n) is 3.26. The van der Waals surface area contributed by atoms with Gasteiger partial charge in [0.25, 0.3) is 0 Å².